The first kappa shape index (κ1) is 55.9. The van der Waals surface area contributed by atoms with Crippen LogP contribution in [0.4, 0.5) is 5.13 Å². The molecular formula is C53H69N3O14S. The number of hydrogen-bond donors (Lipinski definition) is 0. The van der Waals surface area contributed by atoms with Gasteiger partial charge in [-0.15, -0.1) is 0 Å². The van der Waals surface area contributed by atoms with Crippen LogP contribution in [0.3, 0.4) is 0 Å². The van der Waals surface area contributed by atoms with Gasteiger partial charge in [0.2, 0.25) is 5.13 Å². The van der Waals surface area contributed by atoms with Crippen molar-refractivity contribution < 1.29 is 66.7 Å². The van der Waals surface area contributed by atoms with Crippen LogP contribution >= 0.6 is 11.3 Å². The number of hydrogen-bond acceptors (Lipinski definition) is 18. The normalized spacial score (nSPS) is 17.8. The molecule has 2 aromatic carbocycles. The van der Waals surface area contributed by atoms with Crippen molar-refractivity contribution in [2.45, 2.75) is 103 Å². The van der Waals surface area contributed by atoms with E-state index in [-0.39, 0.29) is 35.3 Å². The van der Waals surface area contributed by atoms with E-state index in [1.807, 2.05) is 24.3 Å². The predicted octanol–water partition coefficient (Wildman–Crippen LogP) is 8.89. The number of ether oxygens (including phenoxy) is 8. The lowest BCUT2D eigenvalue weighted by Crippen LogP contribution is -2.30. The van der Waals surface area contributed by atoms with Gasteiger partial charge in [-0.3, -0.25) is 19.2 Å². The van der Waals surface area contributed by atoms with Crippen LogP contribution in [-0.2, 0) is 57.2 Å². The van der Waals surface area contributed by atoms with Crippen molar-refractivity contribution >= 4 is 68.7 Å². The largest absolute Gasteiger partial charge is 0.465 e. The highest BCUT2D eigenvalue weighted by atomic mass is 32.1. The van der Waals surface area contributed by atoms with Crippen molar-refractivity contribution in [3.63, 3.8) is 0 Å². The van der Waals surface area contributed by atoms with Gasteiger partial charge in [-0.2, -0.15) is 5.10 Å². The van der Waals surface area contributed by atoms with Gasteiger partial charge in [-0.25, -0.2) is 19.6 Å². The lowest BCUT2D eigenvalue weighted by Gasteiger charge is -2.26. The Bertz CT molecular complexity index is 2200. The molecule has 71 heavy (non-hydrogen) atoms. The fraction of sp³-hybridized carbons (Fsp3) is 0.547. The quantitative estimate of drug-likeness (QED) is 0.0112. The van der Waals surface area contributed by atoms with Gasteiger partial charge < -0.3 is 37.9 Å². The van der Waals surface area contributed by atoms with Gasteiger partial charge in [-0.1, -0.05) is 36.6 Å². The van der Waals surface area contributed by atoms with Crippen molar-refractivity contribution in [1.29, 1.82) is 0 Å². The highest BCUT2D eigenvalue weighted by Gasteiger charge is 2.34. The third-order valence-electron chi connectivity index (χ3n) is 12.3. The zero-order valence-corrected chi connectivity index (χ0v) is 41.7. The molecule has 17 nitrogen and oxygen atoms in total. The Labute approximate surface area is 420 Å². The number of hydrazone groups is 1. The van der Waals surface area contributed by atoms with Gasteiger partial charge in [0.25, 0.3) is 0 Å². The van der Waals surface area contributed by atoms with E-state index in [0.717, 1.165) is 60.9 Å². The zero-order valence-electron chi connectivity index (χ0n) is 40.9. The Morgan fingerprint density at radius 3 is 1.65 bits per heavy atom. The molecule has 2 aliphatic rings. The van der Waals surface area contributed by atoms with E-state index in [9.17, 15) is 28.8 Å². The van der Waals surface area contributed by atoms with Crippen LogP contribution in [0.15, 0.2) is 72.9 Å². The van der Waals surface area contributed by atoms with E-state index in [1.54, 1.807) is 36.5 Å². The number of aromatic nitrogens is 1. The number of unbranched alkanes of at least 4 members (excludes halogenated alkanes) is 6. The van der Waals surface area contributed by atoms with Gasteiger partial charge >= 0.3 is 35.8 Å². The lowest BCUT2D eigenvalue weighted by molar-refractivity contribution is -0.152. The number of carbonyl (C=O) groups excluding carboxylic acids is 6. The number of rotatable bonds is 31. The number of methoxy groups -OCH3 is 1. The summed E-state index contributed by atoms with van der Waals surface area (Å²) in [6.07, 6.45) is 13.8. The van der Waals surface area contributed by atoms with Crippen molar-refractivity contribution in [2.75, 3.05) is 64.9 Å². The van der Waals surface area contributed by atoms with E-state index in [4.69, 9.17) is 48.0 Å². The smallest absolute Gasteiger partial charge is 0.330 e. The van der Waals surface area contributed by atoms with Crippen molar-refractivity contribution in [1.82, 2.24) is 4.98 Å². The minimum Gasteiger partial charge on any atom is -0.465 e. The second kappa shape index (κ2) is 31.4. The SMILES string of the molecule is C=CC(=O)OCCCCCCOC(=O)C1CCC(C(=O)Oc2ccc(OC(=O)C3CCC(C(=O)OCCCCCCOC(=O)C=C)CC3)c(/C=N/N(CCOCCOC)c3nc4ccccc4s3)c2)CC1. The number of esters is 6. The predicted molar refractivity (Wildman–Crippen MR) is 267 cm³/mol. The summed E-state index contributed by atoms with van der Waals surface area (Å²) < 4.78 is 44.9. The molecule has 18 heteroatoms. The van der Waals surface area contributed by atoms with Crippen LogP contribution < -0.4 is 14.5 Å². The molecule has 386 valence electrons. The van der Waals surface area contributed by atoms with Crippen molar-refractivity contribution in [3.8, 4) is 11.5 Å². The van der Waals surface area contributed by atoms with E-state index < -0.39 is 35.7 Å². The number of para-hydroxylation sites is 1. The number of anilines is 1. The molecule has 0 saturated heterocycles. The van der Waals surface area contributed by atoms with E-state index in [2.05, 4.69) is 13.2 Å². The van der Waals surface area contributed by atoms with Gasteiger partial charge in [-0.05, 0) is 133 Å². The third-order valence-corrected chi connectivity index (χ3v) is 13.4. The zero-order chi connectivity index (χ0) is 50.6. The number of benzene rings is 2. The average molecular weight is 1000 g/mol. The highest BCUT2D eigenvalue weighted by Crippen LogP contribution is 2.35. The Kier molecular flexibility index (Phi) is 24.7. The minimum absolute atomic E-state index is 0.215. The second-order valence-electron chi connectivity index (χ2n) is 17.5. The summed E-state index contributed by atoms with van der Waals surface area (Å²) in [6, 6.07) is 12.5. The summed E-state index contributed by atoms with van der Waals surface area (Å²) >= 11 is 1.47. The van der Waals surface area contributed by atoms with Crippen molar-refractivity contribution in [2.24, 2.45) is 28.8 Å². The monoisotopic (exact) mass is 1000 g/mol. The van der Waals surface area contributed by atoms with E-state index in [1.165, 1.54) is 11.3 Å². The first-order chi connectivity index (χ1) is 34.6. The molecule has 3 aromatic rings. The summed E-state index contributed by atoms with van der Waals surface area (Å²) in [5.41, 5.74) is 1.20. The number of thiazole rings is 1. The Morgan fingerprint density at radius 1 is 0.620 bits per heavy atom. The first-order valence-electron chi connectivity index (χ1n) is 24.8. The fourth-order valence-electron chi connectivity index (χ4n) is 8.17. The molecule has 0 unspecified atom stereocenters. The van der Waals surface area contributed by atoms with Gasteiger partial charge in [0.1, 0.15) is 11.5 Å². The van der Waals surface area contributed by atoms with Crippen LogP contribution in [0.2, 0.25) is 0 Å². The standard InChI is InChI=1S/C53H69N3O14S/c1-4-47(57)65-29-12-6-8-14-31-67-49(59)38-18-22-40(23-19-38)51(61)69-43-26-27-45(42(36-43)37-54-56(28-33-64-35-34-63-3)53-55-44-16-10-11-17-46(44)71-53)70-52(62)41-24-20-39(21-25-41)50(60)68-32-15-9-7-13-30-66-48(58)5-2/h4-5,10-11,16-17,26-27,36-41H,1-2,6-9,12-15,18-25,28-35H2,3H3/b54-37+. The molecule has 0 aliphatic heterocycles. The van der Waals surface area contributed by atoms with Crippen LogP contribution in [0.5, 0.6) is 11.5 Å². The maximum Gasteiger partial charge on any atom is 0.330 e. The van der Waals surface area contributed by atoms with Crippen LogP contribution in [-0.4, -0.2) is 107 Å². The molecule has 2 aliphatic carbocycles. The average Bonchev–Trinajstić information content (AvgIpc) is 3.83. The van der Waals surface area contributed by atoms with Gasteiger partial charge in [0.15, 0.2) is 0 Å². The van der Waals surface area contributed by atoms with Gasteiger partial charge in [0.05, 0.1) is 92.9 Å². The van der Waals surface area contributed by atoms with Crippen LogP contribution in [0, 0.1) is 23.7 Å². The second-order valence-corrected chi connectivity index (χ2v) is 18.5. The maximum absolute atomic E-state index is 13.8. The molecule has 2 saturated carbocycles. The number of fused-ring (bicyclic) bond motifs is 1. The molecule has 1 aromatic heterocycles. The molecule has 0 bridgehead atoms. The topological polar surface area (TPSA) is 205 Å². The van der Waals surface area contributed by atoms with Crippen LogP contribution in [0.1, 0.15) is 108 Å². The summed E-state index contributed by atoms with van der Waals surface area (Å²) in [7, 11) is 1.60. The third kappa shape index (κ3) is 19.6. The number of nitrogens with zero attached hydrogens (tertiary/aromatic N) is 3. The molecular weight excluding hydrogens is 935 g/mol. The number of carbonyl (C=O) groups is 6. The molecule has 1 heterocycles. The van der Waals surface area contributed by atoms with E-state index in [0.29, 0.717) is 128 Å². The Morgan fingerprint density at radius 2 is 1.13 bits per heavy atom. The summed E-state index contributed by atoms with van der Waals surface area (Å²) in [4.78, 5) is 80.2. The summed E-state index contributed by atoms with van der Waals surface area (Å²) in [6.45, 7) is 9.53. The Balaban J connectivity index is 1.18. The molecule has 2 fully saturated rings. The highest BCUT2D eigenvalue weighted by molar-refractivity contribution is 7.22. The lowest BCUT2D eigenvalue weighted by atomic mass is 9.82. The molecule has 0 N–H and O–H groups in total. The van der Waals surface area contributed by atoms with Crippen LogP contribution in [0.25, 0.3) is 10.2 Å². The Hall–Kier alpha value is -5.98. The maximum atomic E-state index is 13.8. The molecule has 0 radical (unpaired) electrons. The minimum atomic E-state index is -0.445. The first-order valence-corrected chi connectivity index (χ1v) is 25.6. The molecule has 5 rings (SSSR count). The van der Waals surface area contributed by atoms with E-state index >= 15 is 0 Å². The molecule has 0 spiro atoms. The molecule has 0 atom stereocenters. The summed E-state index contributed by atoms with van der Waals surface area (Å²) in [5, 5.41) is 7.14. The summed E-state index contributed by atoms with van der Waals surface area (Å²) in [5.74, 6) is -3.28. The van der Waals surface area contributed by atoms with Gasteiger partial charge in [0, 0.05) is 24.8 Å². The van der Waals surface area contributed by atoms with Crippen molar-refractivity contribution in [3.05, 3.63) is 73.3 Å². The fourth-order valence-corrected chi connectivity index (χ4v) is 9.11. The molecule has 0 amide bonds.